The molecule has 2 N–H and O–H groups in total. The summed E-state index contributed by atoms with van der Waals surface area (Å²) in [5.41, 5.74) is 1.02. The molecule has 0 radical (unpaired) electrons. The van der Waals surface area contributed by atoms with Gasteiger partial charge in [-0.2, -0.15) is 62.9 Å². The standard InChI is InChI=1S/2C31H27F6N5O2/c2*32-30(33,34)23-16-39-24(17-38-23)41-13-11-18(12-14-41)27-25-21(15-22(43)29(44)26(25)31(35,36)37)42(40-27)28(19-7-3-1-4-8-19)20-9-5-2-6-10-20/h2*1-10,16-18,26,28-29,44H,11-15H2/t2*26-,29-/m10/s1. The Balaban J connectivity index is 0.000000182. The third kappa shape index (κ3) is 12.4. The number of Topliss-reactive ketones (excluding diaryl/α,β-unsaturated/α-hetero) is 2. The van der Waals surface area contributed by atoms with Crippen LogP contribution in [0.4, 0.5) is 64.3 Å². The normalized spacial score (nSPS) is 19.8. The van der Waals surface area contributed by atoms with Crippen molar-refractivity contribution in [2.45, 2.75) is 111 Å². The lowest BCUT2D eigenvalue weighted by atomic mass is 9.78. The molecule has 26 heteroatoms. The minimum atomic E-state index is -4.92. The van der Waals surface area contributed by atoms with Crippen LogP contribution in [-0.4, -0.2) is 112 Å². The maximum Gasteiger partial charge on any atom is 0.434 e. The molecular formula is C62H54F12N10O4. The third-order valence-electron chi connectivity index (χ3n) is 16.7. The van der Waals surface area contributed by atoms with Crippen LogP contribution in [-0.2, 0) is 34.8 Å². The second kappa shape index (κ2) is 24.2. The van der Waals surface area contributed by atoms with Gasteiger partial charge < -0.3 is 20.0 Å². The number of halogens is 12. The number of aliphatic hydroxyl groups excluding tert-OH is 2. The predicted octanol–water partition coefficient (Wildman–Crippen LogP) is 11.7. The number of carbonyl (C=O) groups excluding carboxylic acids is 2. The fourth-order valence-corrected chi connectivity index (χ4v) is 12.5. The van der Waals surface area contributed by atoms with Gasteiger partial charge in [-0.1, -0.05) is 121 Å². The van der Waals surface area contributed by atoms with Crippen molar-refractivity contribution in [3.05, 3.63) is 214 Å². The molecule has 0 amide bonds. The number of hydrogen-bond acceptors (Lipinski definition) is 12. The number of rotatable bonds is 10. The molecule has 12 rings (SSSR count). The zero-order chi connectivity index (χ0) is 62.5. The molecule has 460 valence electrons. The Bertz CT molecular complexity index is 3400. The van der Waals surface area contributed by atoms with Gasteiger partial charge in [-0.15, -0.1) is 0 Å². The van der Waals surface area contributed by atoms with E-state index in [0.717, 1.165) is 34.6 Å². The molecule has 14 nitrogen and oxygen atoms in total. The number of anilines is 2. The van der Waals surface area contributed by atoms with Gasteiger partial charge in [0.1, 0.15) is 47.8 Å². The Morgan fingerprint density at radius 2 is 0.716 bits per heavy atom. The van der Waals surface area contributed by atoms with Crippen molar-refractivity contribution in [3.63, 3.8) is 0 Å². The maximum absolute atomic E-state index is 14.6. The van der Waals surface area contributed by atoms with Crippen LogP contribution in [0.25, 0.3) is 0 Å². The van der Waals surface area contributed by atoms with Gasteiger partial charge in [-0.05, 0) is 47.9 Å². The van der Waals surface area contributed by atoms with E-state index in [2.05, 4.69) is 19.9 Å². The summed E-state index contributed by atoms with van der Waals surface area (Å²) in [5, 5.41) is 30.8. The van der Waals surface area contributed by atoms with E-state index in [1.165, 1.54) is 9.36 Å². The van der Waals surface area contributed by atoms with Gasteiger partial charge in [0.05, 0.1) is 60.4 Å². The van der Waals surface area contributed by atoms with Gasteiger partial charge in [0.25, 0.3) is 0 Å². The molecule has 0 unspecified atom stereocenters. The van der Waals surface area contributed by atoms with Crippen molar-refractivity contribution < 1.29 is 72.5 Å². The first-order valence-electron chi connectivity index (χ1n) is 28.1. The number of carbonyl (C=O) groups is 2. The summed E-state index contributed by atoms with van der Waals surface area (Å²) in [6.07, 6.45) is -19.8. The Labute approximate surface area is 494 Å². The quantitative estimate of drug-likeness (QED) is 0.125. The van der Waals surface area contributed by atoms with Crippen molar-refractivity contribution in [1.82, 2.24) is 39.5 Å². The molecule has 2 saturated heterocycles. The molecule has 8 aromatic rings. The Hall–Kier alpha value is -8.52. The van der Waals surface area contributed by atoms with E-state index in [0.29, 0.717) is 38.1 Å². The Kier molecular flexibility index (Phi) is 16.8. The molecule has 6 heterocycles. The SMILES string of the molecule is O=C1Cc2c(c(C3CCN(c4cnc(C(F)(F)F)cn4)CC3)nn2C(c2ccccc2)c2ccccc2)[C@@H](C(F)(F)F)[C@@H]1O.O=C1Cc2c(c(C3CCN(c4cnc(C(F)(F)F)cn4)CC3)nn2C(c2ccccc2)c2ccccc2)[C@H](C(F)(F)F)[C@H]1O. The molecule has 4 atom stereocenters. The van der Waals surface area contributed by atoms with Gasteiger partial charge in [0.2, 0.25) is 0 Å². The number of fused-ring (bicyclic) bond motifs is 2. The first-order chi connectivity index (χ1) is 41.9. The molecule has 88 heavy (non-hydrogen) atoms. The lowest BCUT2D eigenvalue weighted by Crippen LogP contribution is -2.43. The van der Waals surface area contributed by atoms with Crippen LogP contribution in [0.1, 0.15) is 129 Å². The number of benzene rings is 4. The van der Waals surface area contributed by atoms with Crippen LogP contribution in [0, 0.1) is 0 Å². The van der Waals surface area contributed by atoms with Crippen molar-refractivity contribution in [2.75, 3.05) is 36.0 Å². The van der Waals surface area contributed by atoms with E-state index in [9.17, 15) is 72.5 Å². The van der Waals surface area contributed by atoms with Gasteiger partial charge in [0, 0.05) is 49.1 Å². The average Bonchev–Trinajstić information content (AvgIpc) is 1.70. The van der Waals surface area contributed by atoms with Crippen molar-refractivity contribution >= 4 is 23.2 Å². The van der Waals surface area contributed by atoms with Crippen LogP contribution in [0.3, 0.4) is 0 Å². The van der Waals surface area contributed by atoms with Crippen LogP contribution in [0.2, 0.25) is 0 Å². The summed E-state index contributed by atoms with van der Waals surface area (Å²) in [5.74, 6) is -7.21. The lowest BCUT2D eigenvalue weighted by Gasteiger charge is -2.34. The second-order valence-electron chi connectivity index (χ2n) is 22.1. The smallest absolute Gasteiger partial charge is 0.384 e. The molecular weight excluding hydrogens is 1180 g/mol. The molecule has 0 saturated carbocycles. The highest BCUT2D eigenvalue weighted by Gasteiger charge is 2.56. The number of piperidine rings is 2. The van der Waals surface area contributed by atoms with Crippen molar-refractivity contribution in [1.29, 1.82) is 0 Å². The summed E-state index contributed by atoms with van der Waals surface area (Å²) >= 11 is 0. The highest BCUT2D eigenvalue weighted by Crippen LogP contribution is 2.50. The van der Waals surface area contributed by atoms with Crippen molar-refractivity contribution in [2.24, 2.45) is 0 Å². The Morgan fingerprint density at radius 1 is 0.420 bits per heavy atom. The molecule has 2 aliphatic carbocycles. The first kappa shape index (κ1) is 61.1. The molecule has 0 bridgehead atoms. The number of alkyl halides is 12. The van der Waals surface area contributed by atoms with Gasteiger partial charge >= 0.3 is 24.7 Å². The average molecular weight is 1230 g/mol. The molecule has 2 fully saturated rings. The molecule has 2 aliphatic heterocycles. The summed E-state index contributed by atoms with van der Waals surface area (Å²) in [6, 6.07) is 35.3. The van der Waals surface area contributed by atoms with E-state index in [1.807, 2.05) is 121 Å². The third-order valence-corrected chi connectivity index (χ3v) is 16.7. The number of nitrogens with zero attached hydrogens (tertiary/aromatic N) is 10. The summed E-state index contributed by atoms with van der Waals surface area (Å²) in [4.78, 5) is 43.9. The van der Waals surface area contributed by atoms with E-state index in [-0.39, 0.29) is 71.7 Å². The van der Waals surface area contributed by atoms with Crippen LogP contribution in [0.15, 0.2) is 146 Å². The van der Waals surface area contributed by atoms with Crippen LogP contribution >= 0.6 is 0 Å². The number of hydrogen-bond donors (Lipinski definition) is 2. The molecule has 4 aromatic carbocycles. The minimum Gasteiger partial charge on any atom is -0.384 e. The van der Waals surface area contributed by atoms with E-state index in [1.54, 1.807) is 9.80 Å². The summed E-state index contributed by atoms with van der Waals surface area (Å²) < 4.78 is 168. The number of aromatic nitrogens is 8. The lowest BCUT2D eigenvalue weighted by molar-refractivity contribution is -0.179. The van der Waals surface area contributed by atoms with Crippen LogP contribution < -0.4 is 9.80 Å². The maximum atomic E-state index is 14.6. The fourth-order valence-electron chi connectivity index (χ4n) is 12.5. The number of ketones is 2. The van der Waals surface area contributed by atoms with E-state index >= 15 is 0 Å². The largest absolute Gasteiger partial charge is 0.434 e. The molecule has 4 aromatic heterocycles. The number of aliphatic hydroxyl groups is 2. The van der Waals surface area contributed by atoms with E-state index < -0.39 is 108 Å². The fraction of sp³-hybridized carbons (Fsp3) is 0.355. The minimum absolute atomic E-state index is 0.117. The Morgan fingerprint density at radius 3 is 0.966 bits per heavy atom. The highest BCUT2D eigenvalue weighted by atomic mass is 19.4. The second-order valence-corrected chi connectivity index (χ2v) is 22.1. The van der Waals surface area contributed by atoms with Gasteiger partial charge in [-0.3, -0.25) is 19.0 Å². The summed E-state index contributed by atoms with van der Waals surface area (Å²) in [6.45, 7) is 1.13. The zero-order valence-corrected chi connectivity index (χ0v) is 46.3. The summed E-state index contributed by atoms with van der Waals surface area (Å²) in [7, 11) is 0. The molecule has 4 aliphatic rings. The van der Waals surface area contributed by atoms with E-state index in [4.69, 9.17) is 10.2 Å². The highest BCUT2D eigenvalue weighted by molar-refractivity contribution is 5.89. The van der Waals surface area contributed by atoms with Crippen molar-refractivity contribution in [3.8, 4) is 0 Å². The topological polar surface area (TPSA) is 168 Å². The first-order valence-corrected chi connectivity index (χ1v) is 28.1. The monoisotopic (exact) mass is 1230 g/mol. The van der Waals surface area contributed by atoms with Crippen LogP contribution in [0.5, 0.6) is 0 Å². The van der Waals surface area contributed by atoms with Gasteiger partial charge in [0.15, 0.2) is 23.0 Å². The molecule has 0 spiro atoms. The predicted molar refractivity (Wildman–Crippen MR) is 294 cm³/mol. The van der Waals surface area contributed by atoms with Gasteiger partial charge in [-0.25, -0.2) is 19.9 Å². The zero-order valence-electron chi connectivity index (χ0n) is 46.3.